The molecule has 1 saturated heterocycles. The molecular weight excluding hydrogens is 248 g/mol. The van der Waals surface area contributed by atoms with Crippen LogP contribution in [0.3, 0.4) is 0 Å². The molecule has 110 valence electrons. The molecule has 0 radical (unpaired) electrons. The van der Waals surface area contributed by atoms with E-state index in [2.05, 4.69) is 36.1 Å². The van der Waals surface area contributed by atoms with Crippen LogP contribution in [-0.4, -0.2) is 31.3 Å². The minimum absolute atomic E-state index is 0.208. The molecule has 1 saturated carbocycles. The Kier molecular flexibility index (Phi) is 4.27. The van der Waals surface area contributed by atoms with Crippen molar-refractivity contribution in [3.05, 3.63) is 29.8 Å². The molecule has 0 amide bonds. The van der Waals surface area contributed by atoms with Crippen LogP contribution in [0.5, 0.6) is 0 Å². The lowest BCUT2D eigenvalue weighted by molar-refractivity contribution is -0.00873. The van der Waals surface area contributed by atoms with E-state index in [0.717, 1.165) is 19.6 Å². The third-order valence-electron chi connectivity index (χ3n) is 4.58. The number of nitrogens with two attached hydrogens (primary N) is 1. The SMILES string of the molecule is CC(N)Cc1ccccc1N1CCOC2CCCCC21. The monoisotopic (exact) mass is 274 g/mol. The van der Waals surface area contributed by atoms with Gasteiger partial charge in [-0.05, 0) is 37.8 Å². The molecule has 0 bridgehead atoms. The second kappa shape index (κ2) is 6.15. The Bertz CT molecular complexity index is 444. The van der Waals surface area contributed by atoms with Gasteiger partial charge in [0.2, 0.25) is 0 Å². The minimum atomic E-state index is 0.208. The molecule has 3 heteroatoms. The maximum atomic E-state index is 6.01. The molecule has 0 aromatic heterocycles. The number of morpholine rings is 1. The lowest BCUT2D eigenvalue weighted by Crippen LogP contribution is -2.53. The zero-order valence-electron chi connectivity index (χ0n) is 12.4. The average molecular weight is 274 g/mol. The quantitative estimate of drug-likeness (QED) is 0.921. The van der Waals surface area contributed by atoms with E-state index in [9.17, 15) is 0 Å². The van der Waals surface area contributed by atoms with Crippen molar-refractivity contribution in [3.63, 3.8) is 0 Å². The van der Waals surface area contributed by atoms with Gasteiger partial charge in [-0.2, -0.15) is 0 Å². The molecule has 0 spiro atoms. The van der Waals surface area contributed by atoms with Crippen LogP contribution in [0.15, 0.2) is 24.3 Å². The van der Waals surface area contributed by atoms with Gasteiger partial charge in [0, 0.05) is 18.3 Å². The van der Waals surface area contributed by atoms with E-state index in [1.165, 1.54) is 36.9 Å². The Morgan fingerprint density at radius 3 is 2.95 bits per heavy atom. The number of anilines is 1. The Morgan fingerprint density at radius 1 is 1.30 bits per heavy atom. The highest BCUT2D eigenvalue weighted by Gasteiger charge is 2.34. The van der Waals surface area contributed by atoms with Gasteiger partial charge in [0.25, 0.3) is 0 Å². The van der Waals surface area contributed by atoms with Crippen molar-refractivity contribution >= 4 is 5.69 Å². The van der Waals surface area contributed by atoms with Gasteiger partial charge in [-0.3, -0.25) is 0 Å². The number of rotatable bonds is 3. The van der Waals surface area contributed by atoms with E-state index in [0.29, 0.717) is 12.1 Å². The van der Waals surface area contributed by atoms with Crippen LogP contribution >= 0.6 is 0 Å². The second-order valence-corrected chi connectivity index (χ2v) is 6.26. The maximum absolute atomic E-state index is 6.01. The van der Waals surface area contributed by atoms with E-state index in [4.69, 9.17) is 10.5 Å². The van der Waals surface area contributed by atoms with Crippen LogP contribution in [0, 0.1) is 0 Å². The molecular formula is C17H26N2O. The summed E-state index contributed by atoms with van der Waals surface area (Å²) in [5, 5.41) is 0. The fourth-order valence-corrected chi connectivity index (χ4v) is 3.71. The Hall–Kier alpha value is -1.06. The first-order valence-electron chi connectivity index (χ1n) is 7.97. The molecule has 1 aliphatic heterocycles. The van der Waals surface area contributed by atoms with Crippen molar-refractivity contribution in [3.8, 4) is 0 Å². The van der Waals surface area contributed by atoms with Gasteiger partial charge < -0.3 is 15.4 Å². The van der Waals surface area contributed by atoms with Crippen LogP contribution in [0.4, 0.5) is 5.69 Å². The second-order valence-electron chi connectivity index (χ2n) is 6.26. The smallest absolute Gasteiger partial charge is 0.0779 e. The highest BCUT2D eigenvalue weighted by molar-refractivity contribution is 5.55. The van der Waals surface area contributed by atoms with Crippen LogP contribution in [0.1, 0.15) is 38.2 Å². The Balaban J connectivity index is 1.87. The van der Waals surface area contributed by atoms with Crippen molar-refractivity contribution in [2.75, 3.05) is 18.1 Å². The van der Waals surface area contributed by atoms with Crippen molar-refractivity contribution in [2.24, 2.45) is 5.73 Å². The van der Waals surface area contributed by atoms with Gasteiger partial charge in [0.1, 0.15) is 0 Å². The maximum Gasteiger partial charge on any atom is 0.0779 e. The summed E-state index contributed by atoms with van der Waals surface area (Å²) in [5.74, 6) is 0. The predicted molar refractivity (Wildman–Crippen MR) is 83.1 cm³/mol. The normalized spacial score (nSPS) is 28.0. The number of hydrogen-bond donors (Lipinski definition) is 1. The van der Waals surface area contributed by atoms with Crippen LogP contribution in [0.25, 0.3) is 0 Å². The first-order valence-corrected chi connectivity index (χ1v) is 7.97. The van der Waals surface area contributed by atoms with Crippen LogP contribution < -0.4 is 10.6 Å². The van der Waals surface area contributed by atoms with Gasteiger partial charge in [-0.1, -0.05) is 31.0 Å². The summed E-state index contributed by atoms with van der Waals surface area (Å²) < 4.78 is 5.99. The van der Waals surface area contributed by atoms with Gasteiger partial charge in [0.05, 0.1) is 18.8 Å². The van der Waals surface area contributed by atoms with E-state index >= 15 is 0 Å². The summed E-state index contributed by atoms with van der Waals surface area (Å²) in [4.78, 5) is 2.59. The predicted octanol–water partition coefficient (Wildman–Crippen LogP) is 2.72. The third kappa shape index (κ3) is 2.84. The van der Waals surface area contributed by atoms with Crippen LogP contribution in [-0.2, 0) is 11.2 Å². The Morgan fingerprint density at radius 2 is 2.10 bits per heavy atom. The van der Waals surface area contributed by atoms with Crippen molar-refractivity contribution in [1.29, 1.82) is 0 Å². The molecule has 1 aliphatic carbocycles. The average Bonchev–Trinajstić information content (AvgIpc) is 2.47. The Labute approximate surface area is 122 Å². The van der Waals surface area contributed by atoms with Gasteiger partial charge in [-0.15, -0.1) is 0 Å². The number of hydrogen-bond acceptors (Lipinski definition) is 3. The van der Waals surface area contributed by atoms with Gasteiger partial charge >= 0.3 is 0 Å². The molecule has 3 unspecified atom stereocenters. The van der Waals surface area contributed by atoms with E-state index in [1.807, 2.05) is 0 Å². The number of benzene rings is 1. The van der Waals surface area contributed by atoms with Gasteiger partial charge in [-0.25, -0.2) is 0 Å². The first-order chi connectivity index (χ1) is 9.75. The summed E-state index contributed by atoms with van der Waals surface area (Å²) in [6.07, 6.45) is 6.51. The molecule has 3 nitrogen and oxygen atoms in total. The molecule has 2 N–H and O–H groups in total. The molecule has 3 atom stereocenters. The molecule has 20 heavy (non-hydrogen) atoms. The van der Waals surface area contributed by atoms with Crippen molar-refractivity contribution < 1.29 is 4.74 Å². The standard InChI is InChI=1S/C17H26N2O/c1-13(18)12-14-6-2-3-7-15(14)19-10-11-20-17-9-5-4-8-16(17)19/h2-3,6-7,13,16-17H,4-5,8-12,18H2,1H3. The molecule has 1 aromatic carbocycles. The largest absolute Gasteiger partial charge is 0.374 e. The zero-order chi connectivity index (χ0) is 13.9. The fourth-order valence-electron chi connectivity index (χ4n) is 3.71. The number of nitrogens with zero attached hydrogens (tertiary/aromatic N) is 1. The summed E-state index contributed by atoms with van der Waals surface area (Å²) in [7, 11) is 0. The molecule has 1 aromatic rings. The number of ether oxygens (including phenoxy) is 1. The lowest BCUT2D eigenvalue weighted by Gasteiger charge is -2.45. The van der Waals surface area contributed by atoms with E-state index in [1.54, 1.807) is 0 Å². The summed E-state index contributed by atoms with van der Waals surface area (Å²) in [6, 6.07) is 9.53. The van der Waals surface area contributed by atoms with Crippen molar-refractivity contribution in [2.45, 2.75) is 57.2 Å². The molecule has 1 heterocycles. The highest BCUT2D eigenvalue weighted by Crippen LogP contribution is 2.33. The number of fused-ring (bicyclic) bond motifs is 1. The highest BCUT2D eigenvalue weighted by atomic mass is 16.5. The summed E-state index contributed by atoms with van der Waals surface area (Å²) in [6.45, 7) is 3.95. The lowest BCUT2D eigenvalue weighted by atomic mass is 9.89. The van der Waals surface area contributed by atoms with Gasteiger partial charge in [0.15, 0.2) is 0 Å². The van der Waals surface area contributed by atoms with E-state index in [-0.39, 0.29) is 6.04 Å². The van der Waals surface area contributed by atoms with Crippen LogP contribution in [0.2, 0.25) is 0 Å². The minimum Gasteiger partial charge on any atom is -0.374 e. The molecule has 2 fully saturated rings. The summed E-state index contributed by atoms with van der Waals surface area (Å²) >= 11 is 0. The molecule has 3 rings (SSSR count). The fraction of sp³-hybridized carbons (Fsp3) is 0.647. The summed E-state index contributed by atoms with van der Waals surface area (Å²) in [5.41, 5.74) is 8.77. The topological polar surface area (TPSA) is 38.5 Å². The third-order valence-corrected chi connectivity index (χ3v) is 4.58. The van der Waals surface area contributed by atoms with Crippen molar-refractivity contribution in [1.82, 2.24) is 0 Å². The number of para-hydroxylation sites is 1. The van der Waals surface area contributed by atoms with E-state index < -0.39 is 0 Å². The first kappa shape index (κ1) is 13.9. The zero-order valence-corrected chi connectivity index (χ0v) is 12.4. The molecule has 2 aliphatic rings.